The van der Waals surface area contributed by atoms with E-state index in [1.54, 1.807) is 7.11 Å². The van der Waals surface area contributed by atoms with Crippen LogP contribution in [0.5, 0.6) is 0 Å². The topological polar surface area (TPSA) is 18.5 Å². The first-order valence-electron chi connectivity index (χ1n) is 5.41. The van der Waals surface area contributed by atoms with Crippen molar-refractivity contribution in [2.75, 3.05) is 13.7 Å². The second-order valence-corrected chi connectivity index (χ2v) is 5.21. The van der Waals surface area contributed by atoms with Gasteiger partial charge in [-0.05, 0) is 31.9 Å². The van der Waals surface area contributed by atoms with E-state index in [1.807, 2.05) is 18.2 Å². The summed E-state index contributed by atoms with van der Waals surface area (Å²) in [6.07, 6.45) is 0.897. The standard InChI is InChI=1S/C13H19BrO2/c1-13(2,15-3)8-9-16-10-11-6-4-5-7-12(11)14/h4-7H,8-10H2,1-3H3. The molecule has 0 saturated heterocycles. The van der Waals surface area contributed by atoms with Gasteiger partial charge in [0, 0.05) is 18.2 Å². The summed E-state index contributed by atoms with van der Waals surface area (Å²) in [6.45, 7) is 5.48. The lowest BCUT2D eigenvalue weighted by Crippen LogP contribution is -2.24. The average Bonchev–Trinajstić information content (AvgIpc) is 2.27. The number of halogens is 1. The molecule has 0 unspecified atom stereocenters. The third-order valence-corrected chi connectivity index (χ3v) is 3.39. The Labute approximate surface area is 106 Å². The van der Waals surface area contributed by atoms with E-state index in [1.165, 1.54) is 5.56 Å². The van der Waals surface area contributed by atoms with Crippen LogP contribution < -0.4 is 0 Å². The predicted octanol–water partition coefficient (Wildman–Crippen LogP) is 3.78. The highest BCUT2D eigenvalue weighted by Crippen LogP contribution is 2.18. The lowest BCUT2D eigenvalue weighted by Gasteiger charge is -2.22. The van der Waals surface area contributed by atoms with Gasteiger partial charge in [-0.25, -0.2) is 0 Å². The van der Waals surface area contributed by atoms with Crippen molar-refractivity contribution in [2.45, 2.75) is 32.5 Å². The zero-order valence-electron chi connectivity index (χ0n) is 10.1. The van der Waals surface area contributed by atoms with Crippen LogP contribution in [0.3, 0.4) is 0 Å². The number of hydrogen-bond donors (Lipinski definition) is 0. The molecule has 3 heteroatoms. The van der Waals surface area contributed by atoms with Crippen LogP contribution in [0.1, 0.15) is 25.8 Å². The molecule has 0 atom stereocenters. The fourth-order valence-electron chi connectivity index (χ4n) is 1.22. The average molecular weight is 287 g/mol. The van der Waals surface area contributed by atoms with Crippen LogP contribution in [-0.2, 0) is 16.1 Å². The molecule has 0 heterocycles. The van der Waals surface area contributed by atoms with Gasteiger partial charge in [-0.1, -0.05) is 34.1 Å². The summed E-state index contributed by atoms with van der Waals surface area (Å²) in [7, 11) is 1.73. The molecule has 0 fully saturated rings. The van der Waals surface area contributed by atoms with Gasteiger partial charge in [-0.15, -0.1) is 0 Å². The predicted molar refractivity (Wildman–Crippen MR) is 69.5 cm³/mol. The fraction of sp³-hybridized carbons (Fsp3) is 0.538. The summed E-state index contributed by atoms with van der Waals surface area (Å²) in [4.78, 5) is 0. The molecule has 0 bridgehead atoms. The molecule has 1 rings (SSSR count). The highest BCUT2D eigenvalue weighted by molar-refractivity contribution is 9.10. The molecule has 1 aromatic carbocycles. The maximum Gasteiger partial charge on any atom is 0.0727 e. The van der Waals surface area contributed by atoms with Crippen LogP contribution >= 0.6 is 15.9 Å². The summed E-state index contributed by atoms with van der Waals surface area (Å²) in [6, 6.07) is 8.10. The maximum atomic E-state index is 5.63. The molecule has 90 valence electrons. The van der Waals surface area contributed by atoms with Gasteiger partial charge in [-0.3, -0.25) is 0 Å². The molecule has 0 aliphatic heterocycles. The van der Waals surface area contributed by atoms with Gasteiger partial charge in [0.25, 0.3) is 0 Å². The van der Waals surface area contributed by atoms with Gasteiger partial charge >= 0.3 is 0 Å². The minimum Gasteiger partial charge on any atom is -0.379 e. The number of benzene rings is 1. The Kier molecular flexibility index (Phi) is 5.46. The summed E-state index contributed by atoms with van der Waals surface area (Å²) in [5.74, 6) is 0. The quantitative estimate of drug-likeness (QED) is 0.741. The molecule has 0 radical (unpaired) electrons. The molecule has 0 N–H and O–H groups in total. The molecule has 0 aromatic heterocycles. The van der Waals surface area contributed by atoms with E-state index in [-0.39, 0.29) is 5.60 Å². The Balaban J connectivity index is 2.29. The van der Waals surface area contributed by atoms with Crippen LogP contribution in [0, 0.1) is 0 Å². The first kappa shape index (κ1) is 13.7. The largest absolute Gasteiger partial charge is 0.379 e. The second kappa shape index (κ2) is 6.38. The van der Waals surface area contributed by atoms with Crippen LogP contribution in [0.25, 0.3) is 0 Å². The Hall–Kier alpha value is -0.380. The minimum atomic E-state index is -0.103. The highest BCUT2D eigenvalue weighted by Gasteiger charge is 2.15. The van der Waals surface area contributed by atoms with Gasteiger partial charge in [0.15, 0.2) is 0 Å². The molecular formula is C13H19BrO2. The Morgan fingerprint density at radius 1 is 1.25 bits per heavy atom. The van der Waals surface area contributed by atoms with Crippen molar-refractivity contribution in [2.24, 2.45) is 0 Å². The van der Waals surface area contributed by atoms with Gasteiger partial charge < -0.3 is 9.47 Å². The molecule has 0 spiro atoms. The van der Waals surface area contributed by atoms with E-state index in [9.17, 15) is 0 Å². The van der Waals surface area contributed by atoms with Crippen LogP contribution in [0.4, 0.5) is 0 Å². The normalized spacial score (nSPS) is 11.8. The Bertz CT molecular complexity index is 323. The van der Waals surface area contributed by atoms with Crippen molar-refractivity contribution in [3.05, 3.63) is 34.3 Å². The van der Waals surface area contributed by atoms with Gasteiger partial charge in [0.1, 0.15) is 0 Å². The number of ether oxygens (including phenoxy) is 2. The number of rotatable bonds is 6. The van der Waals surface area contributed by atoms with Crippen LogP contribution in [0.2, 0.25) is 0 Å². The third-order valence-electron chi connectivity index (χ3n) is 2.62. The van der Waals surface area contributed by atoms with E-state index in [4.69, 9.17) is 9.47 Å². The lowest BCUT2D eigenvalue weighted by atomic mass is 10.1. The smallest absolute Gasteiger partial charge is 0.0727 e. The van der Waals surface area contributed by atoms with Crippen molar-refractivity contribution in [1.82, 2.24) is 0 Å². The minimum absolute atomic E-state index is 0.103. The zero-order chi connectivity index (χ0) is 12.0. The lowest BCUT2D eigenvalue weighted by molar-refractivity contribution is -0.0125. The van der Waals surface area contributed by atoms with Gasteiger partial charge in [0.05, 0.1) is 12.2 Å². The van der Waals surface area contributed by atoms with Crippen LogP contribution in [-0.4, -0.2) is 19.3 Å². The maximum absolute atomic E-state index is 5.63. The van der Waals surface area contributed by atoms with E-state index < -0.39 is 0 Å². The second-order valence-electron chi connectivity index (χ2n) is 4.36. The molecule has 0 aliphatic carbocycles. The Morgan fingerprint density at radius 2 is 1.94 bits per heavy atom. The van der Waals surface area contributed by atoms with Gasteiger partial charge in [-0.2, -0.15) is 0 Å². The summed E-state index contributed by atoms with van der Waals surface area (Å²) >= 11 is 3.50. The van der Waals surface area contributed by atoms with E-state index in [0.29, 0.717) is 13.2 Å². The highest BCUT2D eigenvalue weighted by atomic mass is 79.9. The van der Waals surface area contributed by atoms with Crippen molar-refractivity contribution < 1.29 is 9.47 Å². The fourth-order valence-corrected chi connectivity index (χ4v) is 1.62. The molecule has 0 aliphatic rings. The van der Waals surface area contributed by atoms with Crippen molar-refractivity contribution >= 4 is 15.9 Å². The van der Waals surface area contributed by atoms with Crippen LogP contribution in [0.15, 0.2) is 28.7 Å². The summed E-state index contributed by atoms with van der Waals surface area (Å²) in [5, 5.41) is 0. The SMILES string of the molecule is COC(C)(C)CCOCc1ccccc1Br. The molecule has 0 amide bonds. The van der Waals surface area contributed by atoms with E-state index in [0.717, 1.165) is 10.9 Å². The first-order valence-corrected chi connectivity index (χ1v) is 6.21. The molecule has 1 aromatic rings. The molecule has 0 saturated carbocycles. The third kappa shape index (κ3) is 4.64. The first-order chi connectivity index (χ1) is 7.55. The number of hydrogen-bond acceptors (Lipinski definition) is 2. The summed E-state index contributed by atoms with van der Waals surface area (Å²) < 4.78 is 12.1. The Morgan fingerprint density at radius 3 is 2.56 bits per heavy atom. The van der Waals surface area contributed by atoms with E-state index in [2.05, 4.69) is 35.8 Å². The molecule has 2 nitrogen and oxygen atoms in total. The summed E-state index contributed by atoms with van der Waals surface area (Å²) in [5.41, 5.74) is 1.08. The number of methoxy groups -OCH3 is 1. The van der Waals surface area contributed by atoms with Crippen molar-refractivity contribution in [3.63, 3.8) is 0 Å². The van der Waals surface area contributed by atoms with Crippen molar-refractivity contribution in [3.8, 4) is 0 Å². The monoisotopic (exact) mass is 286 g/mol. The molecule has 16 heavy (non-hydrogen) atoms. The zero-order valence-corrected chi connectivity index (χ0v) is 11.7. The van der Waals surface area contributed by atoms with Gasteiger partial charge in [0.2, 0.25) is 0 Å². The molecular weight excluding hydrogens is 268 g/mol. The van der Waals surface area contributed by atoms with E-state index >= 15 is 0 Å². The van der Waals surface area contributed by atoms with Crippen molar-refractivity contribution in [1.29, 1.82) is 0 Å².